The lowest BCUT2D eigenvalue weighted by atomic mass is 10.2. The molecule has 1 aromatic heterocycles. The molecule has 2 aromatic carbocycles. The molecule has 1 saturated heterocycles. The molecule has 1 aliphatic rings. The topological polar surface area (TPSA) is 55.7 Å². The number of carbonyl (C=O) groups excluding carboxylic acids is 1. The summed E-state index contributed by atoms with van der Waals surface area (Å²) in [6, 6.07) is 15.6. The fourth-order valence-electron chi connectivity index (χ4n) is 4.13. The first-order valence-corrected chi connectivity index (χ1v) is 11.6. The van der Waals surface area contributed by atoms with Gasteiger partial charge in [0.15, 0.2) is 0 Å². The summed E-state index contributed by atoms with van der Waals surface area (Å²) in [5, 5.41) is 4.73. The lowest BCUT2D eigenvalue weighted by Gasteiger charge is -2.26. The highest BCUT2D eigenvalue weighted by Gasteiger charge is 2.18. The van der Waals surface area contributed by atoms with Crippen LogP contribution in [0.3, 0.4) is 0 Å². The van der Waals surface area contributed by atoms with E-state index in [0.29, 0.717) is 30.4 Å². The van der Waals surface area contributed by atoms with Crippen molar-refractivity contribution in [2.45, 2.75) is 19.9 Å². The molecule has 0 unspecified atom stereocenters. The predicted molar refractivity (Wildman–Crippen MR) is 128 cm³/mol. The van der Waals surface area contributed by atoms with Gasteiger partial charge in [-0.25, -0.2) is 0 Å². The van der Waals surface area contributed by atoms with Crippen LogP contribution in [0.1, 0.15) is 29.4 Å². The van der Waals surface area contributed by atoms with E-state index in [9.17, 15) is 4.79 Å². The van der Waals surface area contributed by atoms with Crippen LogP contribution < -0.4 is 10.1 Å². The van der Waals surface area contributed by atoms with Crippen LogP contribution >= 0.6 is 11.6 Å². The molecule has 2 heterocycles. The summed E-state index contributed by atoms with van der Waals surface area (Å²) >= 11 is 6.20. The van der Waals surface area contributed by atoms with Crippen LogP contribution in [0.5, 0.6) is 5.75 Å². The molecule has 4 rings (SSSR count). The lowest BCUT2D eigenvalue weighted by Crippen LogP contribution is -2.38. The van der Waals surface area contributed by atoms with Crippen molar-refractivity contribution in [2.75, 3.05) is 46.0 Å². The molecule has 0 saturated carbocycles. The summed E-state index contributed by atoms with van der Waals surface area (Å²) in [6.07, 6.45) is 0.907. The Labute approximate surface area is 194 Å². The summed E-state index contributed by atoms with van der Waals surface area (Å²) in [5.74, 6) is 0.712. The first kappa shape index (κ1) is 22.6. The third-order valence-corrected chi connectivity index (χ3v) is 5.94. The number of nitrogens with zero attached hydrogens (tertiary/aromatic N) is 2. The molecule has 0 aliphatic carbocycles. The van der Waals surface area contributed by atoms with Gasteiger partial charge < -0.3 is 19.4 Å². The number of hydrogen-bond donors (Lipinski definition) is 1. The quantitative estimate of drug-likeness (QED) is 0.491. The highest BCUT2D eigenvalue weighted by atomic mass is 35.5. The molecule has 0 radical (unpaired) electrons. The fourth-order valence-corrected chi connectivity index (χ4v) is 4.35. The molecule has 1 fully saturated rings. The minimum Gasteiger partial charge on any atom is -0.493 e. The van der Waals surface area contributed by atoms with Gasteiger partial charge >= 0.3 is 0 Å². The molecular formula is C25H30ClN3O3. The van der Waals surface area contributed by atoms with Crippen molar-refractivity contribution in [1.29, 1.82) is 0 Å². The lowest BCUT2D eigenvalue weighted by molar-refractivity contribution is 0.0374. The largest absolute Gasteiger partial charge is 0.493 e. The minimum atomic E-state index is -0.0762. The summed E-state index contributed by atoms with van der Waals surface area (Å²) < 4.78 is 13.3. The molecule has 0 spiro atoms. The predicted octanol–water partition coefficient (Wildman–Crippen LogP) is 4.19. The molecule has 1 aliphatic heterocycles. The zero-order valence-corrected chi connectivity index (χ0v) is 19.2. The molecular weight excluding hydrogens is 426 g/mol. The molecule has 6 nitrogen and oxygen atoms in total. The zero-order chi connectivity index (χ0) is 22.3. The van der Waals surface area contributed by atoms with Crippen LogP contribution in [-0.4, -0.2) is 61.4 Å². The van der Waals surface area contributed by atoms with E-state index in [0.717, 1.165) is 61.5 Å². The number of halogens is 1. The van der Waals surface area contributed by atoms with Crippen molar-refractivity contribution >= 4 is 28.4 Å². The number of morpholine rings is 1. The number of ether oxygens (including phenoxy) is 2. The van der Waals surface area contributed by atoms with Gasteiger partial charge in [0.05, 0.1) is 25.3 Å². The normalized spacial score (nSPS) is 14.6. The Kier molecular flexibility index (Phi) is 7.68. The molecule has 7 heteroatoms. The van der Waals surface area contributed by atoms with Crippen molar-refractivity contribution in [3.63, 3.8) is 0 Å². The van der Waals surface area contributed by atoms with Crippen molar-refractivity contribution in [3.05, 3.63) is 64.8 Å². The van der Waals surface area contributed by atoms with Crippen LogP contribution in [0.25, 0.3) is 10.9 Å². The molecule has 0 bridgehead atoms. The second-order valence-electron chi connectivity index (χ2n) is 7.93. The van der Waals surface area contributed by atoms with Crippen molar-refractivity contribution < 1.29 is 14.3 Å². The monoisotopic (exact) mass is 455 g/mol. The van der Waals surface area contributed by atoms with Gasteiger partial charge in [0, 0.05) is 36.6 Å². The molecule has 1 amide bonds. The second kappa shape index (κ2) is 10.9. The van der Waals surface area contributed by atoms with E-state index < -0.39 is 0 Å². The molecule has 1 N–H and O–H groups in total. The first-order valence-electron chi connectivity index (χ1n) is 11.2. The van der Waals surface area contributed by atoms with E-state index in [4.69, 9.17) is 21.1 Å². The highest BCUT2D eigenvalue weighted by molar-refractivity contribution is 6.30. The van der Waals surface area contributed by atoms with E-state index in [-0.39, 0.29) is 5.91 Å². The highest BCUT2D eigenvalue weighted by Crippen LogP contribution is 2.30. The number of amides is 1. The van der Waals surface area contributed by atoms with E-state index in [1.165, 1.54) is 0 Å². The molecule has 0 atom stereocenters. The second-order valence-corrected chi connectivity index (χ2v) is 8.37. The maximum Gasteiger partial charge on any atom is 0.267 e. The van der Waals surface area contributed by atoms with E-state index in [1.54, 1.807) is 0 Å². The van der Waals surface area contributed by atoms with Crippen LogP contribution in [-0.2, 0) is 11.3 Å². The van der Waals surface area contributed by atoms with E-state index in [1.807, 2.05) is 60.0 Å². The van der Waals surface area contributed by atoms with Gasteiger partial charge in [-0.05, 0) is 55.8 Å². The Morgan fingerprint density at radius 1 is 1.16 bits per heavy atom. The van der Waals surface area contributed by atoms with Gasteiger partial charge in [-0.15, -0.1) is 0 Å². The number of fused-ring (bicyclic) bond motifs is 1. The van der Waals surface area contributed by atoms with Crippen molar-refractivity contribution in [2.24, 2.45) is 0 Å². The van der Waals surface area contributed by atoms with Crippen LogP contribution in [0.4, 0.5) is 0 Å². The SMILES string of the molecule is CCOc1cccc2c1cc(C(=O)NCCCN1CCOCC1)n2Cc1cccc(Cl)c1. The smallest absolute Gasteiger partial charge is 0.267 e. The van der Waals surface area contributed by atoms with Gasteiger partial charge in [0.25, 0.3) is 5.91 Å². The van der Waals surface area contributed by atoms with Crippen LogP contribution in [0.15, 0.2) is 48.5 Å². The standard InChI is InChI=1S/C25H30ClN3O3/c1-2-32-24-9-4-8-22-21(24)17-23(29(22)18-19-6-3-7-20(26)16-19)25(30)27-10-5-11-28-12-14-31-15-13-28/h3-4,6-9,16-17H,2,5,10-15,18H2,1H3,(H,27,30). The summed E-state index contributed by atoms with van der Waals surface area (Å²) in [4.78, 5) is 15.6. The van der Waals surface area contributed by atoms with Gasteiger partial charge in [-0.1, -0.05) is 29.8 Å². The van der Waals surface area contributed by atoms with Crippen molar-refractivity contribution in [1.82, 2.24) is 14.8 Å². The van der Waals surface area contributed by atoms with Crippen LogP contribution in [0.2, 0.25) is 5.02 Å². The minimum absolute atomic E-state index is 0.0762. The van der Waals surface area contributed by atoms with Gasteiger partial charge in [0.1, 0.15) is 11.4 Å². The Hall–Kier alpha value is -2.54. The summed E-state index contributed by atoms with van der Waals surface area (Å²) in [5.41, 5.74) is 2.63. The van der Waals surface area contributed by atoms with Gasteiger partial charge in [-0.3, -0.25) is 9.69 Å². The van der Waals surface area contributed by atoms with E-state index in [2.05, 4.69) is 10.2 Å². The average Bonchev–Trinajstić information content (AvgIpc) is 3.17. The van der Waals surface area contributed by atoms with Crippen molar-refractivity contribution in [3.8, 4) is 5.75 Å². The number of nitrogens with one attached hydrogen (secondary N) is 1. The van der Waals surface area contributed by atoms with E-state index >= 15 is 0 Å². The van der Waals surface area contributed by atoms with Gasteiger partial charge in [0.2, 0.25) is 0 Å². The third kappa shape index (κ3) is 5.44. The van der Waals surface area contributed by atoms with Gasteiger partial charge in [-0.2, -0.15) is 0 Å². The zero-order valence-electron chi connectivity index (χ0n) is 18.5. The number of rotatable bonds is 9. The number of benzene rings is 2. The number of carbonyl (C=O) groups is 1. The average molecular weight is 456 g/mol. The van der Waals surface area contributed by atoms with Crippen LogP contribution in [0, 0.1) is 0 Å². The number of aromatic nitrogens is 1. The summed E-state index contributed by atoms with van der Waals surface area (Å²) in [6.45, 7) is 8.18. The Morgan fingerprint density at radius 3 is 2.75 bits per heavy atom. The fraction of sp³-hybridized carbons (Fsp3) is 0.400. The maximum atomic E-state index is 13.2. The Morgan fingerprint density at radius 2 is 1.97 bits per heavy atom. The molecule has 170 valence electrons. The molecule has 32 heavy (non-hydrogen) atoms. The third-order valence-electron chi connectivity index (χ3n) is 5.71. The summed E-state index contributed by atoms with van der Waals surface area (Å²) in [7, 11) is 0. The first-order chi connectivity index (χ1) is 15.7. The number of hydrogen-bond acceptors (Lipinski definition) is 4. The molecule has 3 aromatic rings. The Balaban J connectivity index is 1.54. The Bertz CT molecular complexity index is 1060. The maximum absolute atomic E-state index is 13.2.